The molecule has 2 heterocycles. The number of sulfonamides is 1. The lowest BCUT2D eigenvalue weighted by molar-refractivity contribution is 0.378. The fourth-order valence-corrected chi connectivity index (χ4v) is 5.37. The van der Waals surface area contributed by atoms with E-state index in [0.29, 0.717) is 37.6 Å². The Balaban J connectivity index is 1.78. The van der Waals surface area contributed by atoms with E-state index in [1.165, 1.54) is 14.9 Å². The van der Waals surface area contributed by atoms with Gasteiger partial charge in [0.05, 0.1) is 5.69 Å². The first-order valence-electron chi connectivity index (χ1n) is 7.76. The predicted molar refractivity (Wildman–Crippen MR) is 95.2 cm³/mol. The van der Waals surface area contributed by atoms with Gasteiger partial charge >= 0.3 is 0 Å². The summed E-state index contributed by atoms with van der Waals surface area (Å²) in [6, 6.07) is 8.22. The zero-order chi connectivity index (χ0) is 17.3. The van der Waals surface area contributed by atoms with Crippen LogP contribution in [-0.4, -0.2) is 50.3 Å². The second-order valence-corrected chi connectivity index (χ2v) is 8.44. The van der Waals surface area contributed by atoms with Crippen LogP contribution in [0.25, 0.3) is 0 Å². The Kier molecular flexibility index (Phi) is 4.89. The van der Waals surface area contributed by atoms with Gasteiger partial charge in [0.1, 0.15) is 10.6 Å². The monoisotopic (exact) mass is 367 g/mol. The third-order valence-electron chi connectivity index (χ3n) is 4.23. The largest absolute Gasteiger partial charge is 0.368 e. The summed E-state index contributed by atoms with van der Waals surface area (Å²) in [4.78, 5) is 3.66. The van der Waals surface area contributed by atoms with Crippen molar-refractivity contribution >= 4 is 27.5 Å². The molecule has 1 aromatic heterocycles. The Morgan fingerprint density at radius 1 is 1.12 bits per heavy atom. The molecule has 1 aliphatic heterocycles. The molecule has 3 rings (SSSR count). The second kappa shape index (κ2) is 6.78. The molecule has 24 heavy (non-hydrogen) atoms. The molecular weight excluding hydrogens is 346 g/mol. The highest BCUT2D eigenvalue weighted by Gasteiger charge is 2.33. The molecule has 0 atom stereocenters. The van der Waals surface area contributed by atoms with Crippen molar-refractivity contribution in [2.45, 2.75) is 23.6 Å². The number of anilines is 1. The van der Waals surface area contributed by atoms with Crippen molar-refractivity contribution in [1.82, 2.24) is 9.46 Å². The zero-order valence-electron chi connectivity index (χ0n) is 14.0. The highest BCUT2D eigenvalue weighted by atomic mass is 32.2. The lowest BCUT2D eigenvalue weighted by atomic mass is 10.2. The highest BCUT2D eigenvalue weighted by Crippen LogP contribution is 2.30. The van der Waals surface area contributed by atoms with Crippen molar-refractivity contribution in [3.8, 4) is 0 Å². The number of aryl methyl sites for hydroxylation is 2. The predicted octanol–water partition coefficient (Wildman–Crippen LogP) is 2.52. The van der Waals surface area contributed by atoms with Crippen LogP contribution in [0.15, 0.2) is 38.6 Å². The maximum Gasteiger partial charge on any atom is 0.248 e. The third kappa shape index (κ3) is 3.05. The summed E-state index contributed by atoms with van der Waals surface area (Å²) in [6.07, 6.45) is 2.05. The molecule has 1 aromatic carbocycles. The molecule has 1 saturated heterocycles. The van der Waals surface area contributed by atoms with Gasteiger partial charge in [-0.25, -0.2) is 8.42 Å². The SMILES string of the molecule is CSc1ccccc1N1CCN(S(=O)(=O)c2c(C)noc2C)CC1. The maximum absolute atomic E-state index is 12.9. The average Bonchev–Trinajstić information content (AvgIpc) is 2.94. The summed E-state index contributed by atoms with van der Waals surface area (Å²) < 4.78 is 32.3. The van der Waals surface area contributed by atoms with Crippen molar-refractivity contribution in [2.24, 2.45) is 0 Å². The number of piperazine rings is 1. The van der Waals surface area contributed by atoms with Gasteiger partial charge < -0.3 is 9.42 Å². The van der Waals surface area contributed by atoms with E-state index < -0.39 is 10.0 Å². The van der Waals surface area contributed by atoms with Crippen molar-refractivity contribution in [3.05, 3.63) is 35.7 Å². The summed E-state index contributed by atoms with van der Waals surface area (Å²) in [5.41, 5.74) is 1.59. The molecule has 0 amide bonds. The fourth-order valence-electron chi connectivity index (χ4n) is 3.03. The topological polar surface area (TPSA) is 66.7 Å². The molecule has 0 spiro atoms. The molecule has 8 heteroatoms. The molecule has 1 aliphatic rings. The smallest absolute Gasteiger partial charge is 0.248 e. The van der Waals surface area contributed by atoms with Gasteiger partial charge in [0.15, 0.2) is 5.76 Å². The Morgan fingerprint density at radius 2 is 1.79 bits per heavy atom. The number of aromatic nitrogens is 1. The summed E-state index contributed by atoms with van der Waals surface area (Å²) in [7, 11) is -3.56. The molecule has 6 nitrogen and oxygen atoms in total. The summed E-state index contributed by atoms with van der Waals surface area (Å²) in [5.74, 6) is 0.350. The summed E-state index contributed by atoms with van der Waals surface area (Å²) >= 11 is 1.70. The first kappa shape index (κ1) is 17.3. The van der Waals surface area contributed by atoms with Crippen molar-refractivity contribution in [1.29, 1.82) is 0 Å². The number of rotatable bonds is 4. The molecule has 0 bridgehead atoms. The molecule has 130 valence electrons. The van der Waals surface area contributed by atoms with E-state index in [-0.39, 0.29) is 4.90 Å². The minimum Gasteiger partial charge on any atom is -0.368 e. The maximum atomic E-state index is 12.9. The van der Waals surface area contributed by atoms with Gasteiger partial charge in [0.25, 0.3) is 0 Å². The minimum absolute atomic E-state index is 0.209. The van der Waals surface area contributed by atoms with Crippen molar-refractivity contribution < 1.29 is 12.9 Å². The fraction of sp³-hybridized carbons (Fsp3) is 0.438. The third-order valence-corrected chi connectivity index (χ3v) is 7.16. The zero-order valence-corrected chi connectivity index (χ0v) is 15.7. The van der Waals surface area contributed by atoms with Gasteiger partial charge in [-0.1, -0.05) is 17.3 Å². The molecule has 1 fully saturated rings. The first-order chi connectivity index (χ1) is 11.4. The first-order valence-corrected chi connectivity index (χ1v) is 10.4. The number of nitrogens with zero attached hydrogens (tertiary/aromatic N) is 3. The standard InChI is InChI=1S/C16H21N3O3S2/c1-12-16(13(2)22-17-12)24(20,21)19-10-8-18(9-11-19)14-6-4-5-7-15(14)23-3/h4-7H,8-11H2,1-3H3. The van der Waals surface area contributed by atoms with Crippen LogP contribution in [0.1, 0.15) is 11.5 Å². The van der Waals surface area contributed by atoms with Crippen LogP contribution in [0.4, 0.5) is 5.69 Å². The molecule has 0 unspecified atom stereocenters. The summed E-state index contributed by atoms with van der Waals surface area (Å²) in [6.45, 7) is 5.54. The minimum atomic E-state index is -3.56. The van der Waals surface area contributed by atoms with Gasteiger partial charge in [0.2, 0.25) is 10.0 Å². The van der Waals surface area contributed by atoms with Crippen LogP contribution in [0.3, 0.4) is 0 Å². The number of hydrogen-bond acceptors (Lipinski definition) is 6. The molecule has 0 radical (unpaired) electrons. The van der Waals surface area contributed by atoms with Crippen LogP contribution >= 0.6 is 11.8 Å². The lowest BCUT2D eigenvalue weighted by Gasteiger charge is -2.36. The number of para-hydroxylation sites is 1. The molecular formula is C16H21N3O3S2. The van der Waals surface area contributed by atoms with E-state index in [1.807, 2.05) is 12.1 Å². The molecule has 0 saturated carbocycles. The van der Waals surface area contributed by atoms with E-state index in [1.54, 1.807) is 25.6 Å². The highest BCUT2D eigenvalue weighted by molar-refractivity contribution is 7.98. The Labute approximate surface area is 146 Å². The number of benzene rings is 1. The van der Waals surface area contributed by atoms with Gasteiger partial charge in [0, 0.05) is 31.1 Å². The quantitative estimate of drug-likeness (QED) is 0.774. The molecule has 2 aromatic rings. The van der Waals surface area contributed by atoms with E-state index in [9.17, 15) is 8.42 Å². The molecule has 0 aliphatic carbocycles. The Morgan fingerprint density at radius 3 is 2.38 bits per heavy atom. The van der Waals surface area contributed by atoms with Crippen LogP contribution in [-0.2, 0) is 10.0 Å². The summed E-state index contributed by atoms with van der Waals surface area (Å²) in [5, 5.41) is 3.77. The van der Waals surface area contributed by atoms with Crippen molar-refractivity contribution in [2.75, 3.05) is 37.3 Å². The Bertz CT molecular complexity index is 805. The van der Waals surface area contributed by atoms with Crippen LogP contribution < -0.4 is 4.90 Å². The molecule has 0 N–H and O–H groups in total. The van der Waals surface area contributed by atoms with Gasteiger partial charge in [-0.05, 0) is 32.2 Å². The van der Waals surface area contributed by atoms with E-state index in [4.69, 9.17) is 4.52 Å². The number of hydrogen-bond donors (Lipinski definition) is 0. The van der Waals surface area contributed by atoms with Gasteiger partial charge in [-0.3, -0.25) is 0 Å². The normalized spacial score (nSPS) is 16.5. The number of thioether (sulfide) groups is 1. The van der Waals surface area contributed by atoms with Crippen LogP contribution in [0.2, 0.25) is 0 Å². The van der Waals surface area contributed by atoms with Gasteiger partial charge in [-0.15, -0.1) is 11.8 Å². The average molecular weight is 367 g/mol. The van der Waals surface area contributed by atoms with Crippen molar-refractivity contribution in [3.63, 3.8) is 0 Å². The van der Waals surface area contributed by atoms with Gasteiger partial charge in [-0.2, -0.15) is 4.31 Å². The van der Waals surface area contributed by atoms with E-state index >= 15 is 0 Å². The van der Waals surface area contributed by atoms with E-state index in [0.717, 1.165) is 0 Å². The van der Waals surface area contributed by atoms with Crippen LogP contribution in [0, 0.1) is 13.8 Å². The Hall–Kier alpha value is -1.51. The van der Waals surface area contributed by atoms with E-state index in [2.05, 4.69) is 28.4 Å². The van der Waals surface area contributed by atoms with Crippen LogP contribution in [0.5, 0.6) is 0 Å². The second-order valence-electron chi connectivity index (χ2n) is 5.72. The lowest BCUT2D eigenvalue weighted by Crippen LogP contribution is -2.49.